The molecule has 0 fully saturated rings. The molecule has 1 heterocycles. The maximum Gasteiger partial charge on any atom is 0.157 e. The normalized spacial score (nSPS) is 10.5. The fourth-order valence-corrected chi connectivity index (χ4v) is 2.27. The summed E-state index contributed by atoms with van der Waals surface area (Å²) < 4.78 is 4.76. The second-order valence-corrected chi connectivity index (χ2v) is 5.43. The smallest absolute Gasteiger partial charge is 0.157 e. The van der Waals surface area contributed by atoms with Gasteiger partial charge < -0.3 is 0 Å². The Labute approximate surface area is 117 Å². The molecule has 72 valence electrons. The Balaban J connectivity index is 2.60. The first-order chi connectivity index (χ1) is 6.70. The van der Waals surface area contributed by atoms with Gasteiger partial charge in [-0.2, -0.15) is 0 Å². The molecule has 6 heteroatoms. The van der Waals surface area contributed by atoms with E-state index in [1.165, 1.54) is 0 Å². The van der Waals surface area contributed by atoms with Crippen LogP contribution in [0.5, 0.6) is 0 Å². The van der Waals surface area contributed by atoms with Gasteiger partial charge in [0.05, 0.1) is 5.69 Å². The van der Waals surface area contributed by atoms with Gasteiger partial charge in [0.2, 0.25) is 0 Å². The van der Waals surface area contributed by atoms with E-state index in [9.17, 15) is 0 Å². The van der Waals surface area contributed by atoms with Crippen molar-refractivity contribution in [1.82, 2.24) is 15.0 Å². The zero-order valence-electron chi connectivity index (χ0n) is 6.78. The van der Waals surface area contributed by atoms with Crippen LogP contribution in [0, 0.1) is 7.40 Å². The molecule has 0 saturated carbocycles. The summed E-state index contributed by atoms with van der Waals surface area (Å²) in [5.41, 5.74) is 1.01. The van der Waals surface area contributed by atoms with Gasteiger partial charge in [-0.3, -0.25) is 0 Å². The van der Waals surface area contributed by atoms with Crippen LogP contribution in [0.15, 0.2) is 28.7 Å². The van der Waals surface area contributed by atoms with Crippen LogP contribution in [-0.2, 0) is 0 Å². The number of para-hydroxylation sites is 1. The summed E-state index contributed by atoms with van der Waals surface area (Å²) in [5, 5.41) is 8.07. The number of rotatable bonds is 1. The molecule has 0 saturated heterocycles. The van der Waals surface area contributed by atoms with E-state index in [2.05, 4.69) is 71.4 Å². The quantitative estimate of drug-likeness (QED) is 0.593. The fourth-order valence-electron chi connectivity index (χ4n) is 1.03. The summed E-state index contributed by atoms with van der Waals surface area (Å²) in [7, 11) is 0. The van der Waals surface area contributed by atoms with Crippen molar-refractivity contribution < 1.29 is 0 Å². The Hall–Kier alpha value is 0.300. The molecule has 0 aliphatic rings. The lowest BCUT2D eigenvalue weighted by Crippen LogP contribution is -1.99. The van der Waals surface area contributed by atoms with Crippen LogP contribution in [0.2, 0.25) is 0 Å². The van der Waals surface area contributed by atoms with Crippen molar-refractivity contribution in [2.45, 2.75) is 0 Å². The third-order valence-corrected chi connectivity index (χ3v) is 5.06. The minimum Gasteiger partial charge on any atom is -0.205 e. The van der Waals surface area contributed by atoms with Gasteiger partial charge in [0.1, 0.15) is 3.70 Å². The van der Waals surface area contributed by atoms with Crippen LogP contribution in [0.3, 0.4) is 0 Å². The van der Waals surface area contributed by atoms with Gasteiger partial charge in [-0.15, -0.1) is 5.10 Å². The highest BCUT2D eigenvalue weighted by atomic mass is 127. The predicted octanol–water partition coefficient (Wildman–Crippen LogP) is 3.24. The van der Waals surface area contributed by atoms with Crippen LogP contribution in [0.4, 0.5) is 0 Å². The van der Waals surface area contributed by atoms with Gasteiger partial charge in [0, 0.05) is 4.47 Å². The molecule has 0 amide bonds. The van der Waals surface area contributed by atoms with E-state index in [0.29, 0.717) is 0 Å². The first-order valence-electron chi connectivity index (χ1n) is 3.72. The van der Waals surface area contributed by atoms with Crippen LogP contribution in [0.1, 0.15) is 0 Å². The first-order valence-corrected chi connectivity index (χ1v) is 6.67. The lowest BCUT2D eigenvalue weighted by Gasteiger charge is -2.03. The minimum absolute atomic E-state index is 0.916. The zero-order chi connectivity index (χ0) is 10.1. The first kappa shape index (κ1) is 10.8. The van der Waals surface area contributed by atoms with Gasteiger partial charge in [-0.05, 0) is 73.2 Å². The number of hydrogen-bond donors (Lipinski definition) is 0. The third-order valence-electron chi connectivity index (χ3n) is 1.66. The lowest BCUT2D eigenvalue weighted by atomic mass is 10.3. The molecule has 0 aliphatic carbocycles. The molecule has 0 N–H and O–H groups in total. The molecule has 14 heavy (non-hydrogen) atoms. The molecule has 0 radical (unpaired) electrons. The van der Waals surface area contributed by atoms with Crippen molar-refractivity contribution >= 4 is 61.1 Å². The zero-order valence-corrected chi connectivity index (χ0v) is 12.7. The van der Waals surface area contributed by atoms with Crippen LogP contribution in [0.25, 0.3) is 5.69 Å². The van der Waals surface area contributed by atoms with Crippen molar-refractivity contribution in [3.05, 3.63) is 36.1 Å². The molecule has 0 bridgehead atoms. The second-order valence-electron chi connectivity index (χ2n) is 2.53. The summed E-state index contributed by atoms with van der Waals surface area (Å²) in [4.78, 5) is 0. The van der Waals surface area contributed by atoms with Crippen molar-refractivity contribution in [1.29, 1.82) is 0 Å². The van der Waals surface area contributed by atoms with E-state index in [1.807, 2.05) is 28.9 Å². The average molecular weight is 476 g/mol. The molecule has 1 aromatic heterocycles. The molecule has 2 rings (SSSR count). The fraction of sp³-hybridized carbons (Fsp3) is 0. The Morgan fingerprint density at radius 3 is 2.50 bits per heavy atom. The average Bonchev–Trinajstić information content (AvgIpc) is 2.49. The van der Waals surface area contributed by atoms with Crippen LogP contribution >= 0.6 is 61.1 Å². The molecule has 3 nitrogen and oxygen atoms in total. The Morgan fingerprint density at radius 2 is 1.93 bits per heavy atom. The molecular weight excluding hydrogens is 472 g/mol. The van der Waals surface area contributed by atoms with E-state index < -0.39 is 0 Å². The van der Waals surface area contributed by atoms with Gasteiger partial charge in [-0.25, -0.2) is 4.68 Å². The topological polar surface area (TPSA) is 30.7 Å². The number of hydrogen-bond acceptors (Lipinski definition) is 2. The molecule has 1 aromatic carbocycles. The van der Waals surface area contributed by atoms with Gasteiger partial charge in [0.25, 0.3) is 0 Å². The molecule has 2 aromatic rings. The monoisotopic (exact) mass is 475 g/mol. The van der Waals surface area contributed by atoms with E-state index in [1.54, 1.807) is 0 Å². The van der Waals surface area contributed by atoms with Crippen molar-refractivity contribution in [2.24, 2.45) is 0 Å². The van der Waals surface area contributed by atoms with E-state index in [4.69, 9.17) is 0 Å². The number of nitrogens with zero attached hydrogens (tertiary/aromatic N) is 3. The number of halogens is 3. The van der Waals surface area contributed by atoms with E-state index >= 15 is 0 Å². The lowest BCUT2D eigenvalue weighted by molar-refractivity contribution is 0.787. The van der Waals surface area contributed by atoms with Gasteiger partial charge >= 0.3 is 0 Å². The van der Waals surface area contributed by atoms with Crippen molar-refractivity contribution in [3.8, 4) is 5.69 Å². The molecule has 0 atom stereocenters. The predicted molar refractivity (Wildman–Crippen MR) is 74.5 cm³/mol. The van der Waals surface area contributed by atoms with E-state index in [-0.39, 0.29) is 0 Å². The maximum atomic E-state index is 4.07. The van der Waals surface area contributed by atoms with Gasteiger partial charge in [-0.1, -0.05) is 17.3 Å². The summed E-state index contributed by atoms with van der Waals surface area (Å²) in [6, 6.07) is 7.93. The third kappa shape index (κ3) is 1.96. The second kappa shape index (κ2) is 4.44. The maximum absolute atomic E-state index is 4.07. The standard InChI is InChI=1S/C8H4BrI2N3/c9-5-3-1-2-4-6(5)14-8(11)7(10)12-13-14/h1-4H. The van der Waals surface area contributed by atoms with Crippen LogP contribution < -0.4 is 0 Å². The summed E-state index contributed by atoms with van der Waals surface area (Å²) in [6.07, 6.45) is 0. The molecule has 0 aliphatic heterocycles. The highest BCUT2D eigenvalue weighted by molar-refractivity contribution is 14.1. The minimum atomic E-state index is 0.916. The largest absolute Gasteiger partial charge is 0.205 e. The molecule has 0 spiro atoms. The van der Waals surface area contributed by atoms with Crippen molar-refractivity contribution in [3.63, 3.8) is 0 Å². The Kier molecular flexibility index (Phi) is 3.42. The number of benzene rings is 1. The van der Waals surface area contributed by atoms with Crippen molar-refractivity contribution in [2.75, 3.05) is 0 Å². The van der Waals surface area contributed by atoms with Crippen LogP contribution in [-0.4, -0.2) is 15.0 Å². The summed E-state index contributed by atoms with van der Waals surface area (Å²) >= 11 is 7.88. The highest BCUT2D eigenvalue weighted by Crippen LogP contribution is 2.23. The Bertz CT molecular complexity index is 469. The van der Waals surface area contributed by atoms with Gasteiger partial charge in [0.15, 0.2) is 3.70 Å². The SMILES string of the molecule is Brc1ccccc1-n1nnc(I)c1I. The Morgan fingerprint density at radius 1 is 1.21 bits per heavy atom. The van der Waals surface area contributed by atoms with E-state index in [0.717, 1.165) is 17.6 Å². The summed E-state index contributed by atoms with van der Waals surface area (Å²) in [5.74, 6) is 0. The molecule has 0 unspecified atom stereocenters. The highest BCUT2D eigenvalue weighted by Gasteiger charge is 2.10. The summed E-state index contributed by atoms with van der Waals surface area (Å²) in [6.45, 7) is 0. The number of aromatic nitrogens is 3. The molecular formula is C8H4BrI2N3.